The molecule has 8 nitrogen and oxygen atoms in total. The van der Waals surface area contributed by atoms with Crippen molar-refractivity contribution in [3.05, 3.63) is 86.7 Å². The second-order valence-corrected chi connectivity index (χ2v) is 8.95. The summed E-state index contributed by atoms with van der Waals surface area (Å²) >= 11 is 3.45. The first-order chi connectivity index (χ1) is 17.5. The summed E-state index contributed by atoms with van der Waals surface area (Å²) in [5, 5.41) is 3.60. The number of ether oxygens (including phenoxy) is 1. The van der Waals surface area contributed by atoms with E-state index in [9.17, 15) is 22.8 Å². The lowest BCUT2D eigenvalue weighted by molar-refractivity contribution is -0.274. The minimum Gasteiger partial charge on any atom is -0.422 e. The molecule has 0 unspecified atom stereocenters. The number of carbonyl (C=O) groups is 1. The van der Waals surface area contributed by atoms with Crippen LogP contribution in [0.15, 0.2) is 74.3 Å². The van der Waals surface area contributed by atoms with Gasteiger partial charge in [-0.15, -0.1) is 13.2 Å². The molecule has 5 aromatic rings. The number of aromatic nitrogens is 2. The van der Waals surface area contributed by atoms with E-state index in [2.05, 4.69) is 31.0 Å². The molecule has 0 saturated carbocycles. The highest BCUT2D eigenvalue weighted by Gasteiger charge is 2.31. The van der Waals surface area contributed by atoms with Crippen molar-refractivity contribution in [2.45, 2.75) is 13.3 Å². The summed E-state index contributed by atoms with van der Waals surface area (Å²) in [4.78, 5) is 28.9. The number of carbonyl (C=O) groups excluding carboxylic acids is 1. The van der Waals surface area contributed by atoms with Crippen LogP contribution >= 0.6 is 15.9 Å². The normalized spacial score (nSPS) is 11.7. The predicted octanol–water partition coefficient (Wildman–Crippen LogP) is 5.94. The van der Waals surface area contributed by atoms with Gasteiger partial charge in [0.1, 0.15) is 16.9 Å². The third kappa shape index (κ3) is 4.75. The Balaban J connectivity index is 1.69. The minimum absolute atomic E-state index is 0.233. The van der Waals surface area contributed by atoms with Crippen LogP contribution in [-0.4, -0.2) is 21.8 Å². The predicted molar refractivity (Wildman–Crippen MR) is 134 cm³/mol. The summed E-state index contributed by atoms with van der Waals surface area (Å²) in [5.74, 6) is -0.920. The zero-order chi connectivity index (χ0) is 26.5. The SMILES string of the molecule is Cc1c(C(N)=O)c(=O)oc2cc3c(cc12)nc(Nc1ccc(OC(F)(F)F)cc1)n3-c1cccc(Br)c1. The number of primary amides is 1. The molecule has 0 atom stereocenters. The molecule has 12 heteroatoms. The molecule has 3 N–H and O–H groups in total. The van der Waals surface area contributed by atoms with Crippen LogP contribution in [0, 0.1) is 6.92 Å². The van der Waals surface area contributed by atoms with Crippen molar-refractivity contribution in [2.24, 2.45) is 5.73 Å². The van der Waals surface area contributed by atoms with Crippen molar-refractivity contribution in [1.82, 2.24) is 9.55 Å². The van der Waals surface area contributed by atoms with Crippen molar-refractivity contribution >= 4 is 55.5 Å². The van der Waals surface area contributed by atoms with E-state index < -0.39 is 17.9 Å². The fraction of sp³-hybridized carbons (Fsp3) is 0.0800. The molecule has 188 valence electrons. The number of hydrogen-bond donors (Lipinski definition) is 2. The Bertz CT molecular complexity index is 1740. The number of nitrogens with zero attached hydrogens (tertiary/aromatic N) is 2. The highest BCUT2D eigenvalue weighted by Crippen LogP contribution is 2.33. The van der Waals surface area contributed by atoms with Crippen LogP contribution in [0.4, 0.5) is 24.8 Å². The molecule has 37 heavy (non-hydrogen) atoms. The van der Waals surface area contributed by atoms with E-state index in [0.29, 0.717) is 39.3 Å². The van der Waals surface area contributed by atoms with E-state index in [4.69, 9.17) is 10.2 Å². The van der Waals surface area contributed by atoms with Gasteiger partial charge in [0.25, 0.3) is 5.91 Å². The first-order valence-electron chi connectivity index (χ1n) is 10.7. The molecule has 2 heterocycles. The standard InChI is InChI=1S/C25H16BrF3N4O4/c1-12-17-10-18-19(11-20(17)36-23(35)21(12)22(30)34)33(15-4-2-3-13(26)9-15)24(32-18)31-14-5-7-16(8-6-14)37-25(27,28)29/h2-11H,1H3,(H2,30,34)(H,31,32). The van der Waals surface area contributed by atoms with E-state index in [-0.39, 0.29) is 16.9 Å². The van der Waals surface area contributed by atoms with Crippen LogP contribution in [0.1, 0.15) is 15.9 Å². The third-order valence-corrected chi connectivity index (χ3v) is 6.09. The summed E-state index contributed by atoms with van der Waals surface area (Å²) in [5.41, 5.74) is 7.10. The molecule has 3 aromatic carbocycles. The Morgan fingerprint density at radius 1 is 1.14 bits per heavy atom. The fourth-order valence-corrected chi connectivity index (χ4v) is 4.42. The second-order valence-electron chi connectivity index (χ2n) is 8.04. The second kappa shape index (κ2) is 8.96. The number of rotatable bonds is 5. The van der Waals surface area contributed by atoms with Gasteiger partial charge in [0, 0.05) is 21.6 Å². The van der Waals surface area contributed by atoms with Gasteiger partial charge in [-0.25, -0.2) is 9.78 Å². The number of halogens is 4. The maximum Gasteiger partial charge on any atom is 0.573 e. The van der Waals surface area contributed by atoms with Gasteiger partial charge < -0.3 is 20.2 Å². The number of fused-ring (bicyclic) bond motifs is 2. The van der Waals surface area contributed by atoms with Crippen molar-refractivity contribution in [2.75, 3.05) is 5.32 Å². The summed E-state index contributed by atoms with van der Waals surface area (Å²) in [6.07, 6.45) is -4.80. The van der Waals surface area contributed by atoms with Crippen molar-refractivity contribution in [1.29, 1.82) is 0 Å². The Hall–Kier alpha value is -4.32. The number of alkyl halides is 3. The molecule has 0 aliphatic rings. The highest BCUT2D eigenvalue weighted by atomic mass is 79.9. The number of hydrogen-bond acceptors (Lipinski definition) is 6. The number of imidazole rings is 1. The molecule has 0 aliphatic heterocycles. The lowest BCUT2D eigenvalue weighted by atomic mass is 10.1. The summed E-state index contributed by atoms with van der Waals surface area (Å²) in [7, 11) is 0. The maximum atomic E-state index is 12.5. The third-order valence-electron chi connectivity index (χ3n) is 5.60. The Morgan fingerprint density at radius 3 is 2.51 bits per heavy atom. The van der Waals surface area contributed by atoms with E-state index in [1.54, 1.807) is 23.6 Å². The highest BCUT2D eigenvalue weighted by molar-refractivity contribution is 9.10. The van der Waals surface area contributed by atoms with Crippen molar-refractivity contribution < 1.29 is 27.1 Å². The first kappa shape index (κ1) is 24.4. The van der Waals surface area contributed by atoms with Gasteiger partial charge in [0.2, 0.25) is 5.95 Å². The van der Waals surface area contributed by atoms with Gasteiger partial charge in [-0.05, 0) is 61.0 Å². The number of aryl methyl sites for hydroxylation is 1. The van der Waals surface area contributed by atoms with Gasteiger partial charge in [0.05, 0.1) is 16.7 Å². The van der Waals surface area contributed by atoms with Crippen molar-refractivity contribution in [3.63, 3.8) is 0 Å². The Labute approximate surface area is 214 Å². The van der Waals surface area contributed by atoms with Gasteiger partial charge >= 0.3 is 12.0 Å². The molecule has 0 radical (unpaired) electrons. The molecule has 0 spiro atoms. The van der Waals surface area contributed by atoms with E-state index in [0.717, 1.165) is 4.47 Å². The lowest BCUT2D eigenvalue weighted by Gasteiger charge is -2.13. The molecule has 0 aliphatic carbocycles. The molecule has 0 saturated heterocycles. The largest absolute Gasteiger partial charge is 0.573 e. The van der Waals surface area contributed by atoms with Crippen LogP contribution in [-0.2, 0) is 0 Å². The average molecular weight is 573 g/mol. The molecule has 0 fully saturated rings. The molecule has 5 rings (SSSR count). The van der Waals surface area contributed by atoms with Crippen LogP contribution in [0.3, 0.4) is 0 Å². The molecular formula is C25H16BrF3N4O4. The minimum atomic E-state index is -4.80. The molecular weight excluding hydrogens is 557 g/mol. The van der Waals surface area contributed by atoms with Gasteiger partial charge in [0.15, 0.2) is 0 Å². The molecule has 0 bridgehead atoms. The topological polar surface area (TPSA) is 112 Å². The van der Waals surface area contributed by atoms with Crippen molar-refractivity contribution in [3.8, 4) is 11.4 Å². The number of nitrogens with one attached hydrogen (secondary N) is 1. The van der Waals surface area contributed by atoms with Gasteiger partial charge in [-0.2, -0.15) is 0 Å². The Morgan fingerprint density at radius 2 is 1.86 bits per heavy atom. The van der Waals surface area contributed by atoms with Crippen LogP contribution in [0.2, 0.25) is 0 Å². The number of nitrogens with two attached hydrogens (primary N) is 1. The maximum absolute atomic E-state index is 12.5. The van der Waals surface area contributed by atoms with Crippen LogP contribution < -0.4 is 21.4 Å². The molecule has 1 amide bonds. The average Bonchev–Trinajstić information content (AvgIpc) is 3.14. The van der Waals surface area contributed by atoms with Crippen LogP contribution in [0.25, 0.3) is 27.7 Å². The Kier molecular flexibility index (Phi) is 5.91. The van der Waals surface area contributed by atoms with Crippen LogP contribution in [0.5, 0.6) is 5.75 Å². The number of benzene rings is 3. The number of amides is 1. The van der Waals surface area contributed by atoms with E-state index in [1.165, 1.54) is 24.3 Å². The zero-order valence-electron chi connectivity index (χ0n) is 18.9. The van der Waals surface area contributed by atoms with Gasteiger partial charge in [-0.3, -0.25) is 9.36 Å². The van der Waals surface area contributed by atoms with E-state index in [1.807, 2.05) is 24.3 Å². The van der Waals surface area contributed by atoms with E-state index >= 15 is 0 Å². The fourth-order valence-electron chi connectivity index (χ4n) is 4.04. The monoisotopic (exact) mass is 572 g/mol. The smallest absolute Gasteiger partial charge is 0.422 e. The quantitative estimate of drug-likeness (QED) is 0.252. The van der Waals surface area contributed by atoms with Gasteiger partial charge in [-0.1, -0.05) is 22.0 Å². The first-order valence-corrected chi connectivity index (χ1v) is 11.5. The number of anilines is 2. The lowest BCUT2D eigenvalue weighted by Crippen LogP contribution is -2.22. The summed E-state index contributed by atoms with van der Waals surface area (Å²) in [6.45, 7) is 1.60. The summed E-state index contributed by atoms with van der Waals surface area (Å²) in [6, 6.07) is 15.8. The zero-order valence-corrected chi connectivity index (χ0v) is 20.5. The molecule has 2 aromatic heterocycles. The summed E-state index contributed by atoms with van der Waals surface area (Å²) < 4.78 is 49.4.